The summed E-state index contributed by atoms with van der Waals surface area (Å²) in [6.45, 7) is 3.92. The molecule has 1 atom stereocenters. The first-order chi connectivity index (χ1) is 15.2. The number of piperazine rings is 1. The number of carbonyl (C=O) groups is 3. The average molecular weight is 438 g/mol. The van der Waals surface area contributed by atoms with Crippen molar-refractivity contribution >= 4 is 29.4 Å². The van der Waals surface area contributed by atoms with Crippen LogP contribution in [-0.4, -0.2) is 65.8 Å². The molecule has 0 radical (unpaired) electrons. The Morgan fingerprint density at radius 2 is 1.44 bits per heavy atom. The number of rotatable bonds is 6. The molecule has 168 valence electrons. The molecule has 2 amide bonds. The molecule has 1 aliphatic rings. The van der Waals surface area contributed by atoms with E-state index in [1.54, 1.807) is 60.4 Å². The van der Waals surface area contributed by atoms with Gasteiger partial charge in [0.2, 0.25) is 5.91 Å². The van der Waals surface area contributed by atoms with E-state index in [0.717, 1.165) is 0 Å². The van der Waals surface area contributed by atoms with Crippen LogP contribution in [0.3, 0.4) is 0 Å². The van der Waals surface area contributed by atoms with Gasteiger partial charge in [0.15, 0.2) is 5.96 Å². The Kier molecular flexibility index (Phi) is 7.06. The molecule has 1 saturated heterocycles. The van der Waals surface area contributed by atoms with Gasteiger partial charge in [-0.25, -0.2) is 9.79 Å². The summed E-state index contributed by atoms with van der Waals surface area (Å²) in [4.78, 5) is 44.0. The zero-order valence-electron chi connectivity index (χ0n) is 17.7. The number of hydrogen-bond donors (Lipinski definition) is 3. The summed E-state index contributed by atoms with van der Waals surface area (Å²) in [6.07, 6.45) is 0. The second-order valence-electron chi connectivity index (χ2n) is 7.40. The van der Waals surface area contributed by atoms with Gasteiger partial charge >= 0.3 is 5.97 Å². The van der Waals surface area contributed by atoms with Gasteiger partial charge in [-0.1, -0.05) is 0 Å². The minimum absolute atomic E-state index is 0.0722. The fourth-order valence-corrected chi connectivity index (χ4v) is 3.33. The lowest BCUT2D eigenvalue weighted by Crippen LogP contribution is -2.54. The number of amides is 2. The fraction of sp³-hybridized carbons (Fsp3) is 0.273. The zero-order chi connectivity index (χ0) is 23.3. The number of nitrogens with two attached hydrogens (primary N) is 3. The van der Waals surface area contributed by atoms with E-state index in [9.17, 15) is 14.4 Å². The summed E-state index contributed by atoms with van der Waals surface area (Å²) in [7, 11) is 0. The van der Waals surface area contributed by atoms with E-state index in [0.29, 0.717) is 48.7 Å². The molecule has 6 N–H and O–H groups in total. The molecule has 0 aliphatic carbocycles. The minimum Gasteiger partial charge on any atom is -0.423 e. The highest BCUT2D eigenvalue weighted by atomic mass is 16.5. The molecule has 1 unspecified atom stereocenters. The Hall–Kier alpha value is -3.92. The van der Waals surface area contributed by atoms with E-state index in [-0.39, 0.29) is 23.8 Å². The van der Waals surface area contributed by atoms with Gasteiger partial charge in [0.1, 0.15) is 5.75 Å². The van der Waals surface area contributed by atoms with E-state index in [4.69, 9.17) is 21.9 Å². The normalized spacial score (nSPS) is 15.0. The van der Waals surface area contributed by atoms with Gasteiger partial charge in [-0.15, -0.1) is 0 Å². The number of benzene rings is 2. The number of hydrogen-bond acceptors (Lipinski definition) is 6. The van der Waals surface area contributed by atoms with Crippen LogP contribution in [0.15, 0.2) is 53.5 Å². The number of guanidine groups is 1. The number of carbonyl (C=O) groups excluding carboxylic acids is 3. The largest absolute Gasteiger partial charge is 0.423 e. The van der Waals surface area contributed by atoms with Crippen LogP contribution in [0.25, 0.3) is 0 Å². The summed E-state index contributed by atoms with van der Waals surface area (Å²) in [6, 6.07) is 12.3. The first-order valence-electron chi connectivity index (χ1n) is 10.1. The van der Waals surface area contributed by atoms with Crippen LogP contribution in [0.1, 0.15) is 27.6 Å². The van der Waals surface area contributed by atoms with E-state index in [2.05, 4.69) is 4.99 Å². The van der Waals surface area contributed by atoms with Crippen molar-refractivity contribution in [1.29, 1.82) is 0 Å². The molecule has 1 aliphatic heterocycles. The lowest BCUT2D eigenvalue weighted by molar-refractivity contribution is -0.123. The summed E-state index contributed by atoms with van der Waals surface area (Å²) in [5.41, 5.74) is 17.3. The summed E-state index contributed by atoms with van der Waals surface area (Å²) in [5.74, 6) is -0.791. The van der Waals surface area contributed by atoms with Gasteiger partial charge < -0.3 is 26.8 Å². The van der Waals surface area contributed by atoms with Crippen molar-refractivity contribution < 1.29 is 19.1 Å². The zero-order valence-corrected chi connectivity index (χ0v) is 17.7. The number of nitrogens with zero attached hydrogens (tertiary/aromatic N) is 3. The number of ether oxygens (including phenoxy) is 1. The molecule has 10 nitrogen and oxygen atoms in total. The Balaban J connectivity index is 1.57. The van der Waals surface area contributed by atoms with E-state index >= 15 is 0 Å². The molecular formula is C22H26N6O4. The molecule has 0 spiro atoms. The third-order valence-electron chi connectivity index (χ3n) is 5.23. The maximum absolute atomic E-state index is 12.8. The molecule has 3 rings (SSSR count). The summed E-state index contributed by atoms with van der Waals surface area (Å²) >= 11 is 0. The first kappa shape index (κ1) is 22.8. The van der Waals surface area contributed by atoms with Crippen LogP contribution in [-0.2, 0) is 4.79 Å². The van der Waals surface area contributed by atoms with Gasteiger partial charge in [-0.2, -0.15) is 0 Å². The summed E-state index contributed by atoms with van der Waals surface area (Å²) < 4.78 is 5.36. The molecule has 0 aromatic heterocycles. The molecule has 2 aromatic rings. The quantitative estimate of drug-likeness (QED) is 0.256. The van der Waals surface area contributed by atoms with Crippen LogP contribution >= 0.6 is 0 Å². The highest BCUT2D eigenvalue weighted by molar-refractivity contribution is 5.95. The Bertz CT molecular complexity index is 1010. The molecule has 0 bridgehead atoms. The topological polar surface area (TPSA) is 157 Å². The fourth-order valence-electron chi connectivity index (χ4n) is 3.33. The molecule has 1 fully saturated rings. The van der Waals surface area contributed by atoms with Crippen molar-refractivity contribution in [2.24, 2.45) is 22.2 Å². The van der Waals surface area contributed by atoms with Gasteiger partial charge in [0.05, 0.1) is 17.3 Å². The number of primary amides is 1. The van der Waals surface area contributed by atoms with E-state index in [1.807, 2.05) is 4.90 Å². The van der Waals surface area contributed by atoms with Crippen LogP contribution in [0.2, 0.25) is 0 Å². The predicted octanol–water partition coefficient (Wildman–Crippen LogP) is 0.442. The van der Waals surface area contributed by atoms with Crippen molar-refractivity contribution in [1.82, 2.24) is 9.80 Å². The summed E-state index contributed by atoms with van der Waals surface area (Å²) in [5, 5.41) is 0. The van der Waals surface area contributed by atoms with Crippen molar-refractivity contribution in [3.05, 3.63) is 59.7 Å². The maximum Gasteiger partial charge on any atom is 0.343 e. The van der Waals surface area contributed by atoms with Crippen molar-refractivity contribution in [3.8, 4) is 5.75 Å². The molecular weight excluding hydrogens is 412 g/mol. The van der Waals surface area contributed by atoms with Crippen LogP contribution in [0, 0.1) is 0 Å². The van der Waals surface area contributed by atoms with Gasteiger partial charge in [-0.05, 0) is 55.5 Å². The van der Waals surface area contributed by atoms with Crippen molar-refractivity contribution in [2.75, 3.05) is 26.2 Å². The molecule has 1 heterocycles. The lowest BCUT2D eigenvalue weighted by Gasteiger charge is -2.37. The second-order valence-corrected chi connectivity index (χ2v) is 7.40. The number of esters is 1. The van der Waals surface area contributed by atoms with Gasteiger partial charge in [-0.3, -0.25) is 14.5 Å². The molecule has 32 heavy (non-hydrogen) atoms. The highest BCUT2D eigenvalue weighted by Crippen LogP contribution is 2.18. The average Bonchev–Trinajstić information content (AvgIpc) is 2.78. The van der Waals surface area contributed by atoms with E-state index in [1.165, 1.54) is 0 Å². The standard InChI is InChI=1S/C22H26N6O4/c1-14(19(23)29)27-10-12-28(13-11-27)20(30)15-4-8-18(9-5-15)32-21(31)16-2-6-17(7-3-16)26-22(24)25/h2-9,14H,10-13H2,1H3,(H2,23,29)(H4,24,25,26). The predicted molar refractivity (Wildman–Crippen MR) is 119 cm³/mol. The van der Waals surface area contributed by atoms with Crippen LogP contribution in [0.4, 0.5) is 5.69 Å². The van der Waals surface area contributed by atoms with Crippen LogP contribution < -0.4 is 21.9 Å². The molecule has 0 saturated carbocycles. The Labute approximate surface area is 185 Å². The first-order valence-corrected chi connectivity index (χ1v) is 10.1. The lowest BCUT2D eigenvalue weighted by atomic mass is 10.1. The van der Waals surface area contributed by atoms with Crippen molar-refractivity contribution in [3.63, 3.8) is 0 Å². The third kappa shape index (κ3) is 5.61. The smallest absolute Gasteiger partial charge is 0.343 e. The third-order valence-corrected chi connectivity index (χ3v) is 5.23. The van der Waals surface area contributed by atoms with Crippen LogP contribution in [0.5, 0.6) is 5.75 Å². The maximum atomic E-state index is 12.8. The monoisotopic (exact) mass is 438 g/mol. The Morgan fingerprint density at radius 3 is 1.97 bits per heavy atom. The highest BCUT2D eigenvalue weighted by Gasteiger charge is 2.26. The van der Waals surface area contributed by atoms with E-state index < -0.39 is 5.97 Å². The molecule has 2 aromatic carbocycles. The number of aliphatic imine (C=N–C) groups is 1. The SMILES string of the molecule is CC(C(N)=O)N1CCN(C(=O)c2ccc(OC(=O)c3ccc(N=C(N)N)cc3)cc2)CC1. The van der Waals surface area contributed by atoms with Gasteiger partial charge in [0, 0.05) is 31.7 Å². The minimum atomic E-state index is -0.542. The van der Waals surface area contributed by atoms with Crippen molar-refractivity contribution in [2.45, 2.75) is 13.0 Å². The second kappa shape index (κ2) is 9.92. The Morgan fingerprint density at radius 1 is 0.875 bits per heavy atom. The molecule has 10 heteroatoms. The van der Waals surface area contributed by atoms with Gasteiger partial charge in [0.25, 0.3) is 5.91 Å².